The maximum absolute atomic E-state index is 5.83. The van der Waals surface area contributed by atoms with Gasteiger partial charge in [-0.25, -0.2) is 4.98 Å². The predicted molar refractivity (Wildman–Crippen MR) is 117 cm³/mol. The average Bonchev–Trinajstić information content (AvgIpc) is 3.33. The Balaban J connectivity index is 0.00000243. The summed E-state index contributed by atoms with van der Waals surface area (Å²) in [6.07, 6.45) is 8.31. The molecule has 1 aliphatic carbocycles. The van der Waals surface area contributed by atoms with Gasteiger partial charge in [-0.1, -0.05) is 50.1 Å². The second-order valence-electron chi connectivity index (χ2n) is 6.82. The van der Waals surface area contributed by atoms with Gasteiger partial charge in [0.05, 0.1) is 12.7 Å². The van der Waals surface area contributed by atoms with Crippen LogP contribution in [0.15, 0.2) is 45.9 Å². The number of halogens is 1. The summed E-state index contributed by atoms with van der Waals surface area (Å²) in [5.74, 6) is 2.25. The molecule has 0 saturated heterocycles. The lowest BCUT2D eigenvalue weighted by Crippen LogP contribution is -2.42. The van der Waals surface area contributed by atoms with Gasteiger partial charge in [0.15, 0.2) is 11.7 Å². The quantitative estimate of drug-likeness (QED) is 0.370. The third-order valence-electron chi connectivity index (χ3n) is 5.29. The Morgan fingerprint density at radius 2 is 1.92 bits per heavy atom. The fraction of sp³-hybridized carbons (Fsp3) is 0.500. The number of aliphatic imine (C=N–C) groups is 1. The number of nitrogens with one attached hydrogen (secondary N) is 2. The van der Waals surface area contributed by atoms with Crippen molar-refractivity contribution in [3.63, 3.8) is 0 Å². The van der Waals surface area contributed by atoms with Crippen molar-refractivity contribution in [1.29, 1.82) is 0 Å². The van der Waals surface area contributed by atoms with Crippen LogP contribution >= 0.6 is 24.0 Å². The van der Waals surface area contributed by atoms with Gasteiger partial charge in [0.1, 0.15) is 0 Å². The monoisotopic (exact) mass is 468 g/mol. The second kappa shape index (κ2) is 9.94. The number of oxazole rings is 1. The van der Waals surface area contributed by atoms with Crippen molar-refractivity contribution in [3.8, 4) is 11.3 Å². The van der Waals surface area contributed by atoms with E-state index in [0.717, 1.165) is 23.8 Å². The second-order valence-corrected chi connectivity index (χ2v) is 6.82. The maximum atomic E-state index is 5.83. The topological polar surface area (TPSA) is 62.5 Å². The molecule has 0 atom stereocenters. The molecule has 1 saturated carbocycles. The van der Waals surface area contributed by atoms with Gasteiger partial charge in [-0.05, 0) is 24.7 Å². The van der Waals surface area contributed by atoms with Crippen molar-refractivity contribution in [3.05, 3.63) is 42.4 Å². The molecular formula is C20H29IN4O. The van der Waals surface area contributed by atoms with Crippen LogP contribution in [-0.4, -0.2) is 24.5 Å². The van der Waals surface area contributed by atoms with E-state index in [2.05, 4.69) is 27.5 Å². The lowest BCUT2D eigenvalue weighted by molar-refractivity contribution is 0.283. The molecule has 1 fully saturated rings. The van der Waals surface area contributed by atoms with E-state index in [4.69, 9.17) is 4.42 Å². The molecule has 0 aliphatic heterocycles. The molecule has 1 aliphatic rings. The molecule has 0 amide bonds. The van der Waals surface area contributed by atoms with E-state index >= 15 is 0 Å². The van der Waals surface area contributed by atoms with Crippen LogP contribution in [0.1, 0.15) is 44.9 Å². The average molecular weight is 468 g/mol. The van der Waals surface area contributed by atoms with Gasteiger partial charge in [-0.2, -0.15) is 0 Å². The van der Waals surface area contributed by atoms with Crippen molar-refractivity contribution < 1.29 is 4.42 Å². The van der Waals surface area contributed by atoms with Gasteiger partial charge >= 0.3 is 0 Å². The molecule has 1 heterocycles. The third kappa shape index (κ3) is 5.22. The van der Waals surface area contributed by atoms with Gasteiger partial charge in [-0.3, -0.25) is 4.99 Å². The first-order valence-corrected chi connectivity index (χ1v) is 9.19. The van der Waals surface area contributed by atoms with Gasteiger partial charge in [0.25, 0.3) is 0 Å². The molecule has 3 rings (SSSR count). The van der Waals surface area contributed by atoms with E-state index in [1.807, 2.05) is 30.3 Å². The summed E-state index contributed by atoms with van der Waals surface area (Å²) in [5.41, 5.74) is 1.47. The molecule has 6 heteroatoms. The molecule has 0 spiro atoms. The summed E-state index contributed by atoms with van der Waals surface area (Å²) in [6.45, 7) is 3.79. The van der Waals surface area contributed by atoms with Gasteiger partial charge in [0, 0.05) is 19.2 Å². The standard InChI is InChI=1S/C20H28N4O.HI/c1-3-20(11-7-8-12-20)15-24-19(21-2)23-14-18-22-13-17(25-18)16-9-5-4-6-10-16;/h4-6,9-10,13H,3,7-8,11-12,14-15H2,1-2H3,(H2,21,23,24);1H. The van der Waals surface area contributed by atoms with Crippen LogP contribution in [0.5, 0.6) is 0 Å². The minimum atomic E-state index is 0. The minimum absolute atomic E-state index is 0. The number of guanidine groups is 1. The first-order chi connectivity index (χ1) is 12.2. The van der Waals surface area contributed by atoms with Crippen LogP contribution < -0.4 is 10.6 Å². The Labute approximate surface area is 173 Å². The third-order valence-corrected chi connectivity index (χ3v) is 5.29. The molecule has 1 aromatic carbocycles. The van der Waals surface area contributed by atoms with Crippen LogP contribution in [-0.2, 0) is 6.54 Å². The predicted octanol–water partition coefficient (Wildman–Crippen LogP) is 4.60. The zero-order valence-electron chi connectivity index (χ0n) is 15.6. The summed E-state index contributed by atoms with van der Waals surface area (Å²) in [7, 11) is 1.80. The smallest absolute Gasteiger partial charge is 0.214 e. The van der Waals surface area contributed by atoms with Crippen molar-refractivity contribution in [2.24, 2.45) is 10.4 Å². The molecule has 142 valence electrons. The summed E-state index contributed by atoms with van der Waals surface area (Å²) < 4.78 is 5.83. The van der Waals surface area contributed by atoms with Gasteiger partial charge in [-0.15, -0.1) is 24.0 Å². The highest BCUT2D eigenvalue weighted by Gasteiger charge is 2.31. The number of aromatic nitrogens is 1. The Hall–Kier alpha value is -1.57. The lowest BCUT2D eigenvalue weighted by atomic mass is 9.83. The van der Waals surface area contributed by atoms with E-state index in [1.165, 1.54) is 32.1 Å². The van der Waals surface area contributed by atoms with Crippen LogP contribution in [0.25, 0.3) is 11.3 Å². The SMILES string of the molecule is CCC1(CNC(=NC)NCc2ncc(-c3ccccc3)o2)CCCC1.I. The molecule has 1 aromatic heterocycles. The molecule has 0 unspecified atom stereocenters. The van der Waals surface area contributed by atoms with E-state index in [1.54, 1.807) is 13.2 Å². The zero-order chi connectivity index (χ0) is 17.5. The van der Waals surface area contributed by atoms with Crippen molar-refractivity contribution >= 4 is 29.9 Å². The summed E-state index contributed by atoms with van der Waals surface area (Å²) >= 11 is 0. The first kappa shape index (κ1) is 20.7. The highest BCUT2D eigenvalue weighted by Crippen LogP contribution is 2.40. The van der Waals surface area contributed by atoms with Crippen LogP contribution in [0.2, 0.25) is 0 Å². The van der Waals surface area contributed by atoms with Crippen LogP contribution in [0, 0.1) is 5.41 Å². The minimum Gasteiger partial charge on any atom is -0.439 e. The fourth-order valence-electron chi connectivity index (χ4n) is 3.56. The van der Waals surface area contributed by atoms with E-state index < -0.39 is 0 Å². The number of rotatable bonds is 6. The number of nitrogens with zero attached hydrogens (tertiary/aromatic N) is 2. The number of hydrogen-bond donors (Lipinski definition) is 2. The van der Waals surface area contributed by atoms with Crippen molar-refractivity contribution in [1.82, 2.24) is 15.6 Å². The van der Waals surface area contributed by atoms with E-state index in [-0.39, 0.29) is 24.0 Å². The molecule has 26 heavy (non-hydrogen) atoms. The Bertz CT molecular complexity index is 693. The highest BCUT2D eigenvalue weighted by atomic mass is 127. The van der Waals surface area contributed by atoms with Crippen molar-refractivity contribution in [2.75, 3.05) is 13.6 Å². The summed E-state index contributed by atoms with van der Waals surface area (Å²) in [4.78, 5) is 8.67. The molecular weight excluding hydrogens is 439 g/mol. The fourth-order valence-corrected chi connectivity index (χ4v) is 3.56. The number of benzene rings is 1. The number of hydrogen-bond acceptors (Lipinski definition) is 3. The normalized spacial score (nSPS) is 16.2. The summed E-state index contributed by atoms with van der Waals surface area (Å²) in [6, 6.07) is 10.0. The molecule has 0 bridgehead atoms. The van der Waals surface area contributed by atoms with E-state index in [9.17, 15) is 0 Å². The maximum Gasteiger partial charge on any atom is 0.214 e. The zero-order valence-corrected chi connectivity index (χ0v) is 18.0. The van der Waals surface area contributed by atoms with Crippen molar-refractivity contribution in [2.45, 2.75) is 45.6 Å². The van der Waals surface area contributed by atoms with E-state index in [0.29, 0.717) is 17.9 Å². The highest BCUT2D eigenvalue weighted by molar-refractivity contribution is 14.0. The lowest BCUT2D eigenvalue weighted by Gasteiger charge is -2.28. The Kier molecular flexibility index (Phi) is 7.93. The van der Waals surface area contributed by atoms with Crippen LogP contribution in [0.4, 0.5) is 0 Å². The molecule has 2 N–H and O–H groups in total. The molecule has 2 aromatic rings. The Morgan fingerprint density at radius 3 is 2.58 bits per heavy atom. The molecule has 0 radical (unpaired) electrons. The summed E-state index contributed by atoms with van der Waals surface area (Å²) in [5, 5.41) is 6.78. The van der Waals surface area contributed by atoms with Crippen LogP contribution in [0.3, 0.4) is 0 Å². The largest absolute Gasteiger partial charge is 0.439 e. The first-order valence-electron chi connectivity index (χ1n) is 9.19. The van der Waals surface area contributed by atoms with Gasteiger partial charge < -0.3 is 15.1 Å². The molecule has 5 nitrogen and oxygen atoms in total. The Morgan fingerprint density at radius 1 is 1.19 bits per heavy atom. The van der Waals surface area contributed by atoms with Gasteiger partial charge in [0.2, 0.25) is 5.89 Å².